The van der Waals surface area contributed by atoms with E-state index >= 15 is 0 Å². The standard InChI is InChI=1S/C18H36N2O4/c1-11(2)13(19)15(21)24-18(7,8)10-9-12(3)14(20)16(22)23-17(4,5)6/h11-14H,9-10,19-20H2,1-8H3/t12?,13-,14?/m0/s1. The highest BCUT2D eigenvalue weighted by atomic mass is 16.6. The van der Waals surface area contributed by atoms with Gasteiger partial charge in [0.2, 0.25) is 0 Å². The van der Waals surface area contributed by atoms with Gasteiger partial charge in [-0.05, 0) is 59.3 Å². The van der Waals surface area contributed by atoms with Gasteiger partial charge in [0.15, 0.2) is 0 Å². The van der Waals surface area contributed by atoms with Gasteiger partial charge in [-0.3, -0.25) is 9.59 Å². The first kappa shape index (κ1) is 22.9. The van der Waals surface area contributed by atoms with Crippen molar-refractivity contribution in [1.29, 1.82) is 0 Å². The quantitative estimate of drug-likeness (QED) is 0.655. The van der Waals surface area contributed by atoms with Gasteiger partial charge in [-0.25, -0.2) is 0 Å². The summed E-state index contributed by atoms with van der Waals surface area (Å²) >= 11 is 0. The molecule has 0 bridgehead atoms. The predicted molar refractivity (Wildman–Crippen MR) is 95.2 cm³/mol. The molecule has 0 amide bonds. The van der Waals surface area contributed by atoms with E-state index in [4.69, 9.17) is 20.9 Å². The van der Waals surface area contributed by atoms with Gasteiger partial charge >= 0.3 is 11.9 Å². The van der Waals surface area contributed by atoms with Crippen LogP contribution in [0.15, 0.2) is 0 Å². The normalized spacial score (nSPS) is 16.5. The minimum atomic E-state index is -0.700. The van der Waals surface area contributed by atoms with Crippen LogP contribution < -0.4 is 11.5 Å². The molecule has 4 N–H and O–H groups in total. The maximum absolute atomic E-state index is 12.0. The lowest BCUT2D eigenvalue weighted by molar-refractivity contribution is -0.162. The Morgan fingerprint density at radius 3 is 1.75 bits per heavy atom. The molecule has 0 aliphatic rings. The minimum Gasteiger partial charge on any atom is -0.459 e. The molecule has 0 saturated heterocycles. The third kappa shape index (κ3) is 8.64. The van der Waals surface area contributed by atoms with Gasteiger partial charge in [-0.1, -0.05) is 20.8 Å². The van der Waals surface area contributed by atoms with E-state index in [9.17, 15) is 9.59 Å². The highest BCUT2D eigenvalue weighted by Crippen LogP contribution is 2.23. The monoisotopic (exact) mass is 344 g/mol. The molecule has 0 aromatic carbocycles. The van der Waals surface area contributed by atoms with E-state index in [0.29, 0.717) is 12.8 Å². The number of nitrogens with two attached hydrogens (primary N) is 2. The van der Waals surface area contributed by atoms with Crippen LogP contribution in [0.5, 0.6) is 0 Å². The van der Waals surface area contributed by atoms with Crippen molar-refractivity contribution in [3.05, 3.63) is 0 Å². The molecule has 3 atom stereocenters. The lowest BCUT2D eigenvalue weighted by atomic mass is 9.91. The van der Waals surface area contributed by atoms with E-state index in [1.165, 1.54) is 0 Å². The van der Waals surface area contributed by atoms with Gasteiger partial charge in [0.1, 0.15) is 23.3 Å². The van der Waals surface area contributed by atoms with Crippen LogP contribution in [-0.2, 0) is 19.1 Å². The Morgan fingerprint density at radius 2 is 1.33 bits per heavy atom. The minimum absolute atomic E-state index is 0.0211. The van der Waals surface area contributed by atoms with E-state index in [2.05, 4.69) is 0 Å². The summed E-state index contributed by atoms with van der Waals surface area (Å²) in [5, 5.41) is 0. The van der Waals surface area contributed by atoms with Crippen molar-refractivity contribution in [1.82, 2.24) is 0 Å². The molecule has 0 rings (SSSR count). The Balaban J connectivity index is 4.54. The Bertz CT molecular complexity index is 427. The van der Waals surface area contributed by atoms with Gasteiger partial charge in [0, 0.05) is 0 Å². The Hall–Kier alpha value is -1.14. The predicted octanol–water partition coefficient (Wildman–Crippen LogP) is 2.38. The number of rotatable bonds is 8. The third-order valence-electron chi connectivity index (χ3n) is 3.86. The molecule has 6 heteroatoms. The summed E-state index contributed by atoms with van der Waals surface area (Å²) in [6.45, 7) is 14.7. The van der Waals surface area contributed by atoms with Crippen molar-refractivity contribution in [2.45, 2.75) is 91.5 Å². The van der Waals surface area contributed by atoms with E-state index < -0.39 is 35.2 Å². The molecule has 6 nitrogen and oxygen atoms in total. The van der Waals surface area contributed by atoms with Crippen LogP contribution in [0.1, 0.15) is 68.2 Å². The highest BCUT2D eigenvalue weighted by molar-refractivity contribution is 5.76. The van der Waals surface area contributed by atoms with Crippen molar-refractivity contribution in [2.24, 2.45) is 23.3 Å². The number of hydrogen-bond donors (Lipinski definition) is 2. The summed E-state index contributed by atoms with van der Waals surface area (Å²) in [6.07, 6.45) is 1.22. The molecule has 0 heterocycles. The molecule has 0 aliphatic carbocycles. The van der Waals surface area contributed by atoms with Crippen molar-refractivity contribution < 1.29 is 19.1 Å². The fraction of sp³-hybridized carbons (Fsp3) is 0.889. The Morgan fingerprint density at radius 1 is 0.875 bits per heavy atom. The van der Waals surface area contributed by atoms with E-state index in [1.807, 2.05) is 55.4 Å². The highest BCUT2D eigenvalue weighted by Gasteiger charge is 2.31. The van der Waals surface area contributed by atoms with Crippen molar-refractivity contribution >= 4 is 11.9 Å². The molecular weight excluding hydrogens is 308 g/mol. The summed E-state index contributed by atoms with van der Waals surface area (Å²) in [4.78, 5) is 24.0. The fourth-order valence-corrected chi connectivity index (χ4v) is 2.02. The fourth-order valence-electron chi connectivity index (χ4n) is 2.02. The Labute approximate surface area is 146 Å². The smallest absolute Gasteiger partial charge is 0.323 e. The summed E-state index contributed by atoms with van der Waals surface area (Å²) in [5.74, 6) is -0.880. The number of hydrogen-bond acceptors (Lipinski definition) is 6. The average Bonchev–Trinajstić information content (AvgIpc) is 2.40. The number of ether oxygens (including phenoxy) is 2. The van der Waals surface area contributed by atoms with Crippen molar-refractivity contribution in [2.75, 3.05) is 0 Å². The van der Waals surface area contributed by atoms with Gasteiger partial charge in [-0.15, -0.1) is 0 Å². The second-order valence-corrected chi connectivity index (χ2v) is 8.53. The first-order valence-corrected chi connectivity index (χ1v) is 8.63. The van der Waals surface area contributed by atoms with Gasteiger partial charge in [0.25, 0.3) is 0 Å². The molecule has 0 aliphatic heterocycles. The first-order valence-electron chi connectivity index (χ1n) is 8.63. The van der Waals surface area contributed by atoms with Crippen LogP contribution in [0.3, 0.4) is 0 Å². The molecule has 0 fully saturated rings. The zero-order valence-corrected chi connectivity index (χ0v) is 16.5. The molecule has 0 radical (unpaired) electrons. The number of esters is 2. The number of carbonyl (C=O) groups excluding carboxylic acids is 2. The Kier molecular flexibility index (Phi) is 8.39. The van der Waals surface area contributed by atoms with Gasteiger partial charge < -0.3 is 20.9 Å². The lowest BCUT2D eigenvalue weighted by Gasteiger charge is -2.30. The molecule has 24 heavy (non-hydrogen) atoms. The van der Waals surface area contributed by atoms with E-state index in [0.717, 1.165) is 0 Å². The van der Waals surface area contributed by atoms with Crippen LogP contribution in [0.2, 0.25) is 0 Å². The maximum Gasteiger partial charge on any atom is 0.323 e. The van der Waals surface area contributed by atoms with Crippen LogP contribution in [0, 0.1) is 11.8 Å². The second kappa shape index (κ2) is 8.81. The largest absolute Gasteiger partial charge is 0.459 e. The first-order chi connectivity index (χ1) is 10.7. The van der Waals surface area contributed by atoms with Crippen LogP contribution in [-0.4, -0.2) is 35.2 Å². The second-order valence-electron chi connectivity index (χ2n) is 8.53. The van der Waals surface area contributed by atoms with Crippen molar-refractivity contribution in [3.63, 3.8) is 0 Å². The molecular formula is C18H36N2O4. The zero-order valence-electron chi connectivity index (χ0n) is 16.5. The van der Waals surface area contributed by atoms with E-state index in [-0.39, 0.29) is 11.8 Å². The molecule has 0 aromatic rings. The summed E-state index contributed by atoms with van der Waals surface area (Å²) in [6, 6.07) is -1.33. The third-order valence-corrected chi connectivity index (χ3v) is 3.86. The molecule has 0 saturated carbocycles. The maximum atomic E-state index is 12.0. The summed E-state index contributed by atoms with van der Waals surface area (Å²) in [7, 11) is 0. The molecule has 142 valence electrons. The average molecular weight is 344 g/mol. The van der Waals surface area contributed by atoms with Gasteiger partial charge in [0.05, 0.1) is 0 Å². The zero-order chi connectivity index (χ0) is 19.3. The van der Waals surface area contributed by atoms with Crippen LogP contribution in [0.25, 0.3) is 0 Å². The molecule has 0 aromatic heterocycles. The SMILES string of the molecule is CC(CCC(C)(C)OC(=O)[C@@H](N)C(C)C)C(N)C(=O)OC(C)(C)C. The van der Waals surface area contributed by atoms with Crippen LogP contribution >= 0.6 is 0 Å². The molecule has 2 unspecified atom stereocenters. The summed E-state index contributed by atoms with van der Waals surface area (Å²) < 4.78 is 10.8. The van der Waals surface area contributed by atoms with Crippen molar-refractivity contribution in [3.8, 4) is 0 Å². The van der Waals surface area contributed by atoms with Gasteiger partial charge in [-0.2, -0.15) is 0 Å². The number of carbonyl (C=O) groups is 2. The molecule has 0 spiro atoms. The van der Waals surface area contributed by atoms with E-state index in [1.54, 1.807) is 0 Å². The summed E-state index contributed by atoms with van der Waals surface area (Å²) in [5.41, 5.74) is 10.6. The topological polar surface area (TPSA) is 105 Å². The van der Waals surface area contributed by atoms with Crippen LogP contribution in [0.4, 0.5) is 0 Å². The lowest BCUT2D eigenvalue weighted by Crippen LogP contribution is -2.43.